The Kier molecular flexibility index (Phi) is 10.8. The van der Waals surface area contributed by atoms with Crippen LogP contribution in [-0.2, 0) is 16.2 Å². The molecule has 0 spiro atoms. The lowest BCUT2D eigenvalue weighted by molar-refractivity contribution is -0.00643. The van der Waals surface area contributed by atoms with Crippen molar-refractivity contribution in [3.8, 4) is 23.0 Å². The first-order valence-corrected chi connectivity index (χ1v) is 26.2. The minimum absolute atomic E-state index is 0.309. The molecule has 12 fully saturated rings. The van der Waals surface area contributed by atoms with E-state index in [1.807, 2.05) is 13.2 Å². The van der Waals surface area contributed by atoms with Gasteiger partial charge in [-0.3, -0.25) is 0 Å². The molecule has 63 heavy (non-hydrogen) atoms. The maximum Gasteiger partial charge on any atom is 0.231 e. The first-order valence-electron chi connectivity index (χ1n) is 26.2. The lowest BCUT2D eigenvalue weighted by atomic mass is 9.48. The summed E-state index contributed by atoms with van der Waals surface area (Å²) in [6.07, 6.45) is 25.7. The fourth-order valence-electron chi connectivity index (χ4n) is 17.9. The maximum atomic E-state index is 10.5. The SMILES string of the molecule is CC(C)c1cc2c(c(C34CC5CC(CC(C5)C3)C4)c1)OCO2.CC(C)c1ccc(O)c(C23CC4CC(CC(C4)C2)C3)c1.COc1ccc(C(C)C)cc1C12CC3CC(CC(C3)C1)C2. The van der Waals surface area contributed by atoms with Crippen LogP contribution in [0.1, 0.15) is 208 Å². The summed E-state index contributed by atoms with van der Waals surface area (Å²) in [5.41, 5.74) is 9.71. The number of fused-ring (bicyclic) bond motifs is 1. The van der Waals surface area contributed by atoms with Crippen LogP contribution in [0, 0.1) is 53.3 Å². The van der Waals surface area contributed by atoms with Crippen molar-refractivity contribution >= 4 is 0 Å². The van der Waals surface area contributed by atoms with Gasteiger partial charge in [-0.05, 0) is 238 Å². The van der Waals surface area contributed by atoms with Gasteiger partial charge in [0.25, 0.3) is 0 Å². The van der Waals surface area contributed by atoms with E-state index in [2.05, 4.69) is 84.0 Å². The molecule has 0 aromatic heterocycles. The van der Waals surface area contributed by atoms with E-state index in [0.717, 1.165) is 70.5 Å². The van der Waals surface area contributed by atoms with E-state index >= 15 is 0 Å². The molecular weight excluding hydrogens is 773 g/mol. The number of methoxy groups -OCH3 is 1. The summed E-state index contributed by atoms with van der Waals surface area (Å²) in [6.45, 7) is 14.0. The highest BCUT2D eigenvalue weighted by molar-refractivity contribution is 5.55. The van der Waals surface area contributed by atoms with E-state index in [-0.39, 0.29) is 0 Å². The van der Waals surface area contributed by atoms with Crippen molar-refractivity contribution in [2.24, 2.45) is 53.3 Å². The summed E-state index contributed by atoms with van der Waals surface area (Å²) in [7, 11) is 1.84. The van der Waals surface area contributed by atoms with Gasteiger partial charge in [-0.15, -0.1) is 0 Å². The van der Waals surface area contributed by atoms with Gasteiger partial charge in [0.05, 0.1) is 7.11 Å². The number of hydrogen-bond acceptors (Lipinski definition) is 4. The van der Waals surface area contributed by atoms with Gasteiger partial charge in [0.2, 0.25) is 6.79 Å². The standard InChI is InChI=1S/C20H26O2.C20H28O.C19H26O/c1-12(2)16-6-17(19-18(7-16)21-11-22-19)20-8-13-3-14(9-20)5-15(4-13)10-20;1-13(2)17-4-5-19(21-3)18(9-17)20-10-14-6-15(11-20)8-16(7-14)12-20;1-12(2)16-3-4-18(20)17(8-16)19-9-13-5-14(10-19)7-15(6-13)11-19/h6-7,12-15H,3-5,8-11H2,1-2H3;4-5,9,13-16H,6-8,10-12H2,1-3H3;3-4,8,12-15,20H,5-7,9-11H2,1-2H3. The smallest absolute Gasteiger partial charge is 0.231 e. The van der Waals surface area contributed by atoms with Gasteiger partial charge in [-0.25, -0.2) is 0 Å². The van der Waals surface area contributed by atoms with Crippen LogP contribution in [0.2, 0.25) is 0 Å². The largest absolute Gasteiger partial charge is 0.508 e. The zero-order valence-corrected chi connectivity index (χ0v) is 40.2. The van der Waals surface area contributed by atoms with Crippen molar-refractivity contribution in [3.05, 3.63) is 81.9 Å². The second-order valence-corrected chi connectivity index (χ2v) is 25.1. The van der Waals surface area contributed by atoms with Crippen molar-refractivity contribution < 1.29 is 19.3 Å². The molecule has 340 valence electrons. The van der Waals surface area contributed by atoms with Gasteiger partial charge in [0.1, 0.15) is 11.5 Å². The third kappa shape index (κ3) is 7.64. The predicted molar refractivity (Wildman–Crippen MR) is 255 cm³/mol. The van der Waals surface area contributed by atoms with Crippen LogP contribution in [0.4, 0.5) is 0 Å². The highest BCUT2D eigenvalue weighted by atomic mass is 16.7. The van der Waals surface area contributed by atoms with Crippen LogP contribution in [0.15, 0.2) is 48.5 Å². The Morgan fingerprint density at radius 2 is 0.825 bits per heavy atom. The molecule has 4 heteroatoms. The van der Waals surface area contributed by atoms with Crippen LogP contribution in [0.3, 0.4) is 0 Å². The van der Waals surface area contributed by atoms with Crippen molar-refractivity contribution in [2.45, 2.75) is 191 Å². The van der Waals surface area contributed by atoms with Crippen LogP contribution >= 0.6 is 0 Å². The van der Waals surface area contributed by atoms with Gasteiger partial charge in [-0.1, -0.05) is 71.9 Å². The monoisotopic (exact) mass is 853 g/mol. The van der Waals surface area contributed by atoms with Crippen LogP contribution < -0.4 is 14.2 Å². The summed E-state index contributed by atoms with van der Waals surface area (Å²) < 4.78 is 17.5. The second-order valence-electron chi connectivity index (χ2n) is 25.1. The molecule has 3 aromatic rings. The number of aromatic hydroxyl groups is 1. The fraction of sp³-hybridized carbons (Fsp3) is 0.695. The predicted octanol–water partition coefficient (Wildman–Crippen LogP) is 15.3. The molecule has 12 aliphatic carbocycles. The minimum Gasteiger partial charge on any atom is -0.508 e. The summed E-state index contributed by atoms with van der Waals surface area (Å²) >= 11 is 0. The zero-order valence-electron chi connectivity index (χ0n) is 40.2. The van der Waals surface area contributed by atoms with E-state index < -0.39 is 0 Å². The lowest BCUT2D eigenvalue weighted by Crippen LogP contribution is -2.48. The van der Waals surface area contributed by atoms with Crippen molar-refractivity contribution in [1.29, 1.82) is 0 Å². The third-order valence-electron chi connectivity index (χ3n) is 19.6. The second kappa shape index (κ2) is 16.0. The number of rotatable bonds is 7. The fourth-order valence-corrected chi connectivity index (χ4v) is 17.9. The van der Waals surface area contributed by atoms with E-state index in [9.17, 15) is 5.11 Å². The molecule has 1 N–H and O–H groups in total. The Hall–Kier alpha value is -3.14. The van der Waals surface area contributed by atoms with E-state index in [0.29, 0.717) is 46.5 Å². The topological polar surface area (TPSA) is 47.9 Å². The highest BCUT2D eigenvalue weighted by Crippen LogP contribution is 2.65. The lowest BCUT2D eigenvalue weighted by Gasteiger charge is -2.57. The Morgan fingerprint density at radius 3 is 1.24 bits per heavy atom. The molecule has 1 aliphatic heterocycles. The van der Waals surface area contributed by atoms with Crippen LogP contribution in [0.25, 0.3) is 0 Å². The number of ether oxygens (including phenoxy) is 3. The van der Waals surface area contributed by atoms with Crippen molar-refractivity contribution in [2.75, 3.05) is 13.9 Å². The zero-order chi connectivity index (χ0) is 43.4. The molecule has 4 nitrogen and oxygen atoms in total. The molecule has 0 atom stereocenters. The molecular formula is C59H80O4. The van der Waals surface area contributed by atoms with E-state index in [1.54, 1.807) is 0 Å². The summed E-state index contributed by atoms with van der Waals surface area (Å²) in [5, 5.41) is 10.5. The molecule has 16 rings (SSSR count). The Labute approximate surface area is 381 Å². The number of hydrogen-bond donors (Lipinski definition) is 1. The highest BCUT2D eigenvalue weighted by Gasteiger charge is 2.55. The van der Waals surface area contributed by atoms with E-state index in [4.69, 9.17) is 14.2 Å². The molecule has 13 aliphatic rings. The van der Waals surface area contributed by atoms with Gasteiger partial charge in [0.15, 0.2) is 11.5 Å². The van der Waals surface area contributed by atoms with Crippen molar-refractivity contribution in [1.82, 2.24) is 0 Å². The minimum atomic E-state index is 0.309. The number of benzene rings is 3. The Morgan fingerprint density at radius 1 is 0.460 bits per heavy atom. The summed E-state index contributed by atoms with van der Waals surface area (Å²) in [5.74, 6) is 14.1. The van der Waals surface area contributed by atoms with Crippen LogP contribution in [-0.4, -0.2) is 19.0 Å². The maximum absolute atomic E-state index is 10.5. The van der Waals surface area contributed by atoms with Gasteiger partial charge >= 0.3 is 0 Å². The first-order chi connectivity index (χ1) is 30.3. The molecule has 0 radical (unpaired) electrons. The number of phenols is 1. The molecule has 3 aromatic carbocycles. The quantitative estimate of drug-likeness (QED) is 0.257. The average Bonchev–Trinajstić information content (AvgIpc) is 3.71. The number of phenolic OH excluding ortho intramolecular Hbond substituents is 1. The molecule has 12 bridgehead atoms. The molecule has 0 amide bonds. The molecule has 0 unspecified atom stereocenters. The molecule has 1 heterocycles. The Balaban J connectivity index is 0.000000106. The molecule has 12 saturated carbocycles. The average molecular weight is 853 g/mol. The van der Waals surface area contributed by atoms with Gasteiger partial charge in [-0.2, -0.15) is 0 Å². The normalized spacial score (nSPS) is 38.0. The van der Waals surface area contributed by atoms with E-state index in [1.165, 1.54) is 149 Å². The van der Waals surface area contributed by atoms with Gasteiger partial charge < -0.3 is 19.3 Å². The molecule has 0 saturated heterocycles. The first kappa shape index (κ1) is 42.5. The summed E-state index contributed by atoms with van der Waals surface area (Å²) in [4.78, 5) is 0. The van der Waals surface area contributed by atoms with Crippen LogP contribution in [0.5, 0.6) is 23.0 Å². The van der Waals surface area contributed by atoms with Gasteiger partial charge in [0, 0.05) is 16.7 Å². The summed E-state index contributed by atoms with van der Waals surface area (Å²) in [6, 6.07) is 18.0. The Bertz CT molecular complexity index is 2070. The third-order valence-corrected chi connectivity index (χ3v) is 19.6. The van der Waals surface area contributed by atoms with Crippen molar-refractivity contribution in [3.63, 3.8) is 0 Å².